The lowest BCUT2D eigenvalue weighted by Gasteiger charge is -2.37. The highest BCUT2D eigenvalue weighted by Crippen LogP contribution is 2.36. The fourth-order valence-corrected chi connectivity index (χ4v) is 3.55. The number of β-amino-alcohol motifs (C(OH)–C–C–N with tert-alkyl or cyclic N) is 1. The van der Waals surface area contributed by atoms with Crippen molar-refractivity contribution in [3.63, 3.8) is 0 Å². The van der Waals surface area contributed by atoms with Crippen molar-refractivity contribution in [1.82, 2.24) is 4.90 Å². The van der Waals surface area contributed by atoms with Crippen molar-refractivity contribution in [1.29, 1.82) is 0 Å². The number of methoxy groups -OCH3 is 3. The van der Waals surface area contributed by atoms with Gasteiger partial charge in [0.1, 0.15) is 18.5 Å². The molecule has 1 aliphatic rings. The molecule has 0 amide bonds. The molecular formula is C22H32Cl2N2O5. The van der Waals surface area contributed by atoms with E-state index in [1.54, 1.807) is 33.5 Å². The van der Waals surface area contributed by atoms with E-state index in [1.165, 1.54) is 0 Å². The van der Waals surface area contributed by atoms with Gasteiger partial charge in [0.05, 0.1) is 27.0 Å². The number of piperazine rings is 1. The monoisotopic (exact) mass is 474 g/mol. The Kier molecular flexibility index (Phi) is 11.6. The maximum absolute atomic E-state index is 10.5. The van der Waals surface area contributed by atoms with Crippen molar-refractivity contribution in [3.05, 3.63) is 42.5 Å². The Morgan fingerprint density at radius 2 is 1.35 bits per heavy atom. The summed E-state index contributed by atoms with van der Waals surface area (Å²) in [6.07, 6.45) is -0.609. The Balaban J connectivity index is 0.00000240. The summed E-state index contributed by atoms with van der Waals surface area (Å²) in [5.74, 6) is 2.57. The molecule has 1 unspecified atom stereocenters. The molecule has 1 heterocycles. The molecule has 0 radical (unpaired) electrons. The second-order valence-electron chi connectivity index (χ2n) is 6.92. The van der Waals surface area contributed by atoms with Crippen molar-refractivity contribution in [2.24, 2.45) is 0 Å². The molecule has 1 N–H and O–H groups in total. The summed E-state index contributed by atoms with van der Waals surface area (Å²) < 4.78 is 21.9. The topological polar surface area (TPSA) is 63.6 Å². The fourth-order valence-electron chi connectivity index (χ4n) is 3.55. The lowest BCUT2D eigenvalue weighted by atomic mass is 10.2. The minimum atomic E-state index is -0.609. The van der Waals surface area contributed by atoms with E-state index in [2.05, 4.69) is 15.9 Å². The highest BCUT2D eigenvalue weighted by atomic mass is 35.5. The predicted octanol–water partition coefficient (Wildman–Crippen LogP) is 3.12. The summed E-state index contributed by atoms with van der Waals surface area (Å²) in [6, 6.07) is 13.5. The molecule has 3 rings (SSSR count). The molecule has 31 heavy (non-hydrogen) atoms. The third-order valence-electron chi connectivity index (χ3n) is 5.07. The Morgan fingerprint density at radius 3 is 1.94 bits per heavy atom. The molecule has 1 atom stereocenters. The zero-order valence-corrected chi connectivity index (χ0v) is 19.8. The number of nitrogens with zero attached hydrogens (tertiary/aromatic N) is 2. The smallest absolute Gasteiger partial charge is 0.203 e. The van der Waals surface area contributed by atoms with Crippen LogP contribution in [0, 0.1) is 0 Å². The molecule has 1 saturated heterocycles. The van der Waals surface area contributed by atoms with Crippen LogP contribution in [-0.2, 0) is 0 Å². The molecule has 1 aliphatic heterocycles. The van der Waals surface area contributed by atoms with Crippen molar-refractivity contribution >= 4 is 30.5 Å². The SMILES string of the molecule is COc1ccccc1N1CCN(CC(O)COc2c(OC)cccc2OC)CC1.Cl.Cl. The van der Waals surface area contributed by atoms with Gasteiger partial charge in [0.25, 0.3) is 0 Å². The van der Waals surface area contributed by atoms with Gasteiger partial charge < -0.3 is 29.0 Å². The van der Waals surface area contributed by atoms with Crippen LogP contribution in [0.3, 0.4) is 0 Å². The number of ether oxygens (including phenoxy) is 4. The first-order valence-corrected chi connectivity index (χ1v) is 9.78. The van der Waals surface area contributed by atoms with Crippen LogP contribution in [0.5, 0.6) is 23.0 Å². The van der Waals surface area contributed by atoms with E-state index in [0.717, 1.165) is 37.6 Å². The molecule has 0 bridgehead atoms. The summed E-state index contributed by atoms with van der Waals surface area (Å²) in [7, 11) is 4.86. The largest absolute Gasteiger partial charge is 0.495 e. The molecule has 7 nitrogen and oxygen atoms in total. The van der Waals surface area contributed by atoms with Crippen LogP contribution >= 0.6 is 24.8 Å². The molecule has 9 heteroatoms. The van der Waals surface area contributed by atoms with Gasteiger partial charge in [-0.15, -0.1) is 24.8 Å². The lowest BCUT2D eigenvalue weighted by Crippen LogP contribution is -2.49. The van der Waals surface area contributed by atoms with E-state index in [4.69, 9.17) is 18.9 Å². The second-order valence-corrected chi connectivity index (χ2v) is 6.92. The minimum absolute atomic E-state index is 0. The molecule has 0 aromatic heterocycles. The molecule has 0 saturated carbocycles. The Bertz CT molecular complexity index is 766. The first-order chi connectivity index (χ1) is 14.2. The Hall–Kier alpha value is -2.06. The zero-order valence-electron chi connectivity index (χ0n) is 18.2. The number of rotatable bonds is 9. The zero-order chi connectivity index (χ0) is 20.6. The normalized spacial score (nSPS) is 14.6. The Morgan fingerprint density at radius 1 is 0.806 bits per heavy atom. The lowest BCUT2D eigenvalue weighted by molar-refractivity contribution is 0.0643. The Labute approximate surface area is 196 Å². The van der Waals surface area contributed by atoms with Crippen molar-refractivity contribution in [3.8, 4) is 23.0 Å². The van der Waals surface area contributed by atoms with Gasteiger partial charge in [0.15, 0.2) is 11.5 Å². The number of aliphatic hydroxyl groups is 1. The third-order valence-corrected chi connectivity index (χ3v) is 5.07. The number of hydrogen-bond donors (Lipinski definition) is 1. The van der Waals surface area contributed by atoms with Crippen LogP contribution in [0.4, 0.5) is 5.69 Å². The van der Waals surface area contributed by atoms with Gasteiger partial charge in [0.2, 0.25) is 5.75 Å². The second kappa shape index (κ2) is 13.4. The van der Waals surface area contributed by atoms with Crippen LogP contribution in [-0.4, -0.2) is 76.8 Å². The summed E-state index contributed by atoms with van der Waals surface area (Å²) in [6.45, 7) is 4.23. The van der Waals surface area contributed by atoms with Gasteiger partial charge in [0, 0.05) is 32.7 Å². The standard InChI is InChI=1S/C22H30N2O5.2ClH/c1-26-19-8-5-4-7-18(19)24-13-11-23(12-14-24)15-17(25)16-29-22-20(27-2)9-6-10-21(22)28-3;;/h4-10,17,25H,11-16H2,1-3H3;2*1H. The van der Waals surface area contributed by atoms with Crippen molar-refractivity contribution < 1.29 is 24.1 Å². The van der Waals surface area contributed by atoms with E-state index in [1.807, 2.05) is 24.3 Å². The molecule has 0 spiro atoms. The van der Waals surface area contributed by atoms with E-state index >= 15 is 0 Å². The maximum Gasteiger partial charge on any atom is 0.203 e. The van der Waals surface area contributed by atoms with Crippen LogP contribution in [0.2, 0.25) is 0 Å². The highest BCUT2D eigenvalue weighted by molar-refractivity contribution is 5.85. The average molecular weight is 475 g/mol. The number of para-hydroxylation sites is 3. The fraction of sp³-hybridized carbons (Fsp3) is 0.455. The number of aliphatic hydroxyl groups excluding tert-OH is 1. The third kappa shape index (κ3) is 6.97. The van der Waals surface area contributed by atoms with E-state index in [-0.39, 0.29) is 31.4 Å². The maximum atomic E-state index is 10.5. The average Bonchev–Trinajstić information content (AvgIpc) is 2.77. The quantitative estimate of drug-likeness (QED) is 0.598. The molecule has 174 valence electrons. The highest BCUT2D eigenvalue weighted by Gasteiger charge is 2.22. The number of benzene rings is 2. The molecular weight excluding hydrogens is 443 g/mol. The molecule has 2 aromatic carbocycles. The van der Waals surface area contributed by atoms with E-state index in [0.29, 0.717) is 23.8 Å². The van der Waals surface area contributed by atoms with Gasteiger partial charge >= 0.3 is 0 Å². The number of anilines is 1. The van der Waals surface area contributed by atoms with Crippen LogP contribution in [0.15, 0.2) is 42.5 Å². The van der Waals surface area contributed by atoms with Gasteiger partial charge in [-0.25, -0.2) is 0 Å². The van der Waals surface area contributed by atoms with E-state index in [9.17, 15) is 5.11 Å². The minimum Gasteiger partial charge on any atom is -0.495 e. The van der Waals surface area contributed by atoms with Crippen LogP contribution in [0.25, 0.3) is 0 Å². The molecule has 0 aliphatic carbocycles. The predicted molar refractivity (Wildman–Crippen MR) is 127 cm³/mol. The van der Waals surface area contributed by atoms with Crippen LogP contribution < -0.4 is 23.8 Å². The first kappa shape index (κ1) is 27.0. The summed E-state index contributed by atoms with van der Waals surface area (Å²) >= 11 is 0. The first-order valence-electron chi connectivity index (χ1n) is 9.78. The molecule has 1 fully saturated rings. The summed E-state index contributed by atoms with van der Waals surface area (Å²) in [4.78, 5) is 4.57. The van der Waals surface area contributed by atoms with Crippen LogP contribution in [0.1, 0.15) is 0 Å². The number of halogens is 2. The van der Waals surface area contributed by atoms with E-state index < -0.39 is 6.10 Å². The van der Waals surface area contributed by atoms with Gasteiger partial charge in [-0.1, -0.05) is 18.2 Å². The van der Waals surface area contributed by atoms with Gasteiger partial charge in [-0.2, -0.15) is 0 Å². The summed E-state index contributed by atoms with van der Waals surface area (Å²) in [5.41, 5.74) is 1.11. The number of hydrogen-bond acceptors (Lipinski definition) is 7. The van der Waals surface area contributed by atoms with Gasteiger partial charge in [-0.3, -0.25) is 4.90 Å². The molecule has 2 aromatic rings. The summed E-state index contributed by atoms with van der Waals surface area (Å²) in [5, 5.41) is 10.5. The van der Waals surface area contributed by atoms with Crippen molar-refractivity contribution in [2.75, 3.05) is 65.6 Å². The van der Waals surface area contributed by atoms with Gasteiger partial charge in [-0.05, 0) is 24.3 Å². The van der Waals surface area contributed by atoms with Crippen molar-refractivity contribution in [2.45, 2.75) is 6.10 Å².